The SMILES string of the molecule is CCC1(C)C(=O)C(C(C)C)C1c1ccccc1. The van der Waals surface area contributed by atoms with Crippen LogP contribution < -0.4 is 0 Å². The van der Waals surface area contributed by atoms with Crippen LogP contribution >= 0.6 is 0 Å². The Morgan fingerprint density at radius 1 is 1.24 bits per heavy atom. The number of hydrogen-bond donors (Lipinski definition) is 0. The van der Waals surface area contributed by atoms with Crippen molar-refractivity contribution >= 4 is 5.78 Å². The van der Waals surface area contributed by atoms with Crippen molar-refractivity contribution < 1.29 is 4.79 Å². The highest BCUT2D eigenvalue weighted by atomic mass is 16.1. The van der Waals surface area contributed by atoms with Crippen LogP contribution in [0.15, 0.2) is 30.3 Å². The van der Waals surface area contributed by atoms with E-state index in [1.54, 1.807) is 0 Å². The highest BCUT2D eigenvalue weighted by molar-refractivity contribution is 5.95. The molecule has 1 saturated carbocycles. The molecule has 3 atom stereocenters. The molecule has 1 aliphatic carbocycles. The lowest BCUT2D eigenvalue weighted by Crippen LogP contribution is -2.55. The maximum atomic E-state index is 12.3. The van der Waals surface area contributed by atoms with Gasteiger partial charge in [-0.3, -0.25) is 4.79 Å². The van der Waals surface area contributed by atoms with Crippen molar-refractivity contribution in [1.82, 2.24) is 0 Å². The molecule has 1 fully saturated rings. The molecule has 0 bridgehead atoms. The number of benzene rings is 1. The third kappa shape index (κ3) is 1.72. The molecule has 1 aliphatic rings. The van der Waals surface area contributed by atoms with Gasteiger partial charge >= 0.3 is 0 Å². The van der Waals surface area contributed by atoms with Gasteiger partial charge in [0.15, 0.2) is 0 Å². The van der Waals surface area contributed by atoms with Crippen LogP contribution in [-0.4, -0.2) is 5.78 Å². The fraction of sp³-hybridized carbons (Fsp3) is 0.562. The van der Waals surface area contributed by atoms with Gasteiger partial charge in [-0.05, 0) is 17.9 Å². The molecule has 1 aromatic carbocycles. The van der Waals surface area contributed by atoms with Gasteiger partial charge in [-0.1, -0.05) is 58.0 Å². The van der Waals surface area contributed by atoms with Crippen LogP contribution in [0.25, 0.3) is 0 Å². The third-order valence-electron chi connectivity index (χ3n) is 4.52. The van der Waals surface area contributed by atoms with E-state index in [1.807, 2.05) is 6.07 Å². The van der Waals surface area contributed by atoms with Crippen molar-refractivity contribution in [2.24, 2.45) is 17.3 Å². The largest absolute Gasteiger partial charge is 0.299 e. The van der Waals surface area contributed by atoms with E-state index in [4.69, 9.17) is 0 Å². The molecule has 0 N–H and O–H groups in total. The minimum absolute atomic E-state index is 0.143. The summed E-state index contributed by atoms with van der Waals surface area (Å²) < 4.78 is 0. The second kappa shape index (κ2) is 4.29. The molecule has 0 heterocycles. The molecular formula is C16H22O. The minimum Gasteiger partial charge on any atom is -0.299 e. The van der Waals surface area contributed by atoms with Crippen molar-refractivity contribution in [2.45, 2.75) is 40.0 Å². The predicted molar refractivity (Wildman–Crippen MR) is 70.9 cm³/mol. The molecule has 0 aliphatic heterocycles. The molecule has 1 nitrogen and oxygen atoms in total. The average Bonchev–Trinajstić information content (AvgIpc) is 2.34. The number of ketones is 1. The van der Waals surface area contributed by atoms with Crippen LogP contribution in [0.1, 0.15) is 45.6 Å². The Balaban J connectivity index is 2.38. The summed E-state index contributed by atoms with van der Waals surface area (Å²) in [5.41, 5.74) is 1.19. The van der Waals surface area contributed by atoms with Gasteiger partial charge in [-0.25, -0.2) is 0 Å². The maximum absolute atomic E-state index is 12.3. The smallest absolute Gasteiger partial charge is 0.143 e. The van der Waals surface area contributed by atoms with Crippen molar-refractivity contribution in [1.29, 1.82) is 0 Å². The second-order valence-electron chi connectivity index (χ2n) is 5.79. The first-order valence-electron chi connectivity index (χ1n) is 6.61. The minimum atomic E-state index is -0.143. The van der Waals surface area contributed by atoms with Gasteiger partial charge in [-0.2, -0.15) is 0 Å². The second-order valence-corrected chi connectivity index (χ2v) is 5.79. The topological polar surface area (TPSA) is 17.1 Å². The number of hydrogen-bond acceptors (Lipinski definition) is 1. The van der Waals surface area contributed by atoms with E-state index in [2.05, 4.69) is 52.0 Å². The monoisotopic (exact) mass is 230 g/mol. The Morgan fingerprint density at radius 3 is 2.29 bits per heavy atom. The first kappa shape index (κ1) is 12.3. The fourth-order valence-electron chi connectivity index (χ4n) is 3.30. The lowest BCUT2D eigenvalue weighted by molar-refractivity contribution is -0.152. The van der Waals surface area contributed by atoms with Crippen LogP contribution in [0, 0.1) is 17.3 Å². The highest BCUT2D eigenvalue weighted by Crippen LogP contribution is 2.58. The molecule has 0 radical (unpaired) electrons. The Morgan fingerprint density at radius 2 is 1.82 bits per heavy atom. The molecule has 17 heavy (non-hydrogen) atoms. The van der Waals surface area contributed by atoms with E-state index in [0.717, 1.165) is 6.42 Å². The summed E-state index contributed by atoms with van der Waals surface area (Å²) in [5.74, 6) is 1.51. The lowest BCUT2D eigenvalue weighted by atomic mass is 9.48. The number of Topliss-reactive ketones (excluding diaryl/α,β-unsaturated/α-hetero) is 1. The summed E-state index contributed by atoms with van der Waals surface area (Å²) in [6, 6.07) is 10.5. The summed E-state index contributed by atoms with van der Waals surface area (Å²) in [7, 11) is 0. The Bertz CT molecular complexity index is 407. The van der Waals surface area contributed by atoms with Crippen LogP contribution in [0.3, 0.4) is 0 Å². The van der Waals surface area contributed by atoms with Crippen LogP contribution in [0.2, 0.25) is 0 Å². The molecule has 1 heteroatoms. The summed E-state index contributed by atoms with van der Waals surface area (Å²) in [6.07, 6.45) is 0.939. The van der Waals surface area contributed by atoms with E-state index in [-0.39, 0.29) is 11.3 Å². The van der Waals surface area contributed by atoms with Gasteiger partial charge in [-0.15, -0.1) is 0 Å². The normalized spacial score (nSPS) is 32.6. The van der Waals surface area contributed by atoms with Gasteiger partial charge in [0.2, 0.25) is 0 Å². The third-order valence-corrected chi connectivity index (χ3v) is 4.52. The lowest BCUT2D eigenvalue weighted by Gasteiger charge is -2.53. The first-order valence-corrected chi connectivity index (χ1v) is 6.61. The van der Waals surface area contributed by atoms with Gasteiger partial charge in [0.25, 0.3) is 0 Å². The number of carbonyl (C=O) groups is 1. The molecule has 3 unspecified atom stereocenters. The first-order chi connectivity index (χ1) is 8.02. The van der Waals surface area contributed by atoms with E-state index >= 15 is 0 Å². The van der Waals surface area contributed by atoms with Crippen LogP contribution in [0.5, 0.6) is 0 Å². The van der Waals surface area contributed by atoms with E-state index in [0.29, 0.717) is 17.6 Å². The van der Waals surface area contributed by atoms with E-state index in [9.17, 15) is 4.79 Å². The average molecular weight is 230 g/mol. The Hall–Kier alpha value is -1.11. The zero-order valence-corrected chi connectivity index (χ0v) is 11.2. The number of rotatable bonds is 3. The van der Waals surface area contributed by atoms with Gasteiger partial charge in [0.05, 0.1) is 0 Å². The molecule has 0 spiro atoms. The molecular weight excluding hydrogens is 208 g/mol. The quantitative estimate of drug-likeness (QED) is 0.766. The molecule has 2 rings (SSSR count). The van der Waals surface area contributed by atoms with Crippen molar-refractivity contribution in [2.75, 3.05) is 0 Å². The predicted octanol–water partition coefficient (Wildman–Crippen LogP) is 4.04. The molecule has 0 aromatic heterocycles. The van der Waals surface area contributed by atoms with Gasteiger partial charge in [0, 0.05) is 17.3 Å². The van der Waals surface area contributed by atoms with Crippen LogP contribution in [0.4, 0.5) is 0 Å². The van der Waals surface area contributed by atoms with Crippen molar-refractivity contribution in [3.63, 3.8) is 0 Å². The van der Waals surface area contributed by atoms with Crippen molar-refractivity contribution in [3.8, 4) is 0 Å². The van der Waals surface area contributed by atoms with Gasteiger partial charge in [0.1, 0.15) is 5.78 Å². The maximum Gasteiger partial charge on any atom is 0.143 e. The van der Waals surface area contributed by atoms with E-state index < -0.39 is 0 Å². The zero-order chi connectivity index (χ0) is 12.6. The van der Waals surface area contributed by atoms with Crippen molar-refractivity contribution in [3.05, 3.63) is 35.9 Å². The fourth-order valence-corrected chi connectivity index (χ4v) is 3.30. The molecule has 0 amide bonds. The highest BCUT2D eigenvalue weighted by Gasteiger charge is 2.58. The Kier molecular flexibility index (Phi) is 3.11. The van der Waals surface area contributed by atoms with Crippen LogP contribution in [-0.2, 0) is 4.79 Å². The summed E-state index contributed by atoms with van der Waals surface area (Å²) >= 11 is 0. The van der Waals surface area contributed by atoms with Gasteiger partial charge < -0.3 is 0 Å². The molecule has 1 aromatic rings. The summed E-state index contributed by atoms with van der Waals surface area (Å²) in [6.45, 7) is 8.58. The standard InChI is InChI=1S/C16H22O/c1-5-16(4)14(12-9-7-6-8-10-12)13(11(2)3)15(16)17/h6-11,13-14H,5H2,1-4H3. The molecule has 92 valence electrons. The molecule has 0 saturated heterocycles. The zero-order valence-electron chi connectivity index (χ0n) is 11.2. The van der Waals surface area contributed by atoms with E-state index in [1.165, 1.54) is 5.56 Å². The summed E-state index contributed by atoms with van der Waals surface area (Å²) in [4.78, 5) is 12.3. The summed E-state index contributed by atoms with van der Waals surface area (Å²) in [5, 5.41) is 0. The number of carbonyl (C=O) groups excluding carboxylic acids is 1. The Labute approximate surface area is 104 Å².